The van der Waals surface area contributed by atoms with Gasteiger partial charge in [-0.1, -0.05) is 44.5 Å². The molecule has 2 atom stereocenters. The maximum atomic E-state index is 12.4. The van der Waals surface area contributed by atoms with Gasteiger partial charge in [-0.3, -0.25) is 10.1 Å². The molecule has 1 aromatic carbocycles. The first-order chi connectivity index (χ1) is 10.7. The second-order valence-electron chi connectivity index (χ2n) is 8.08. The summed E-state index contributed by atoms with van der Waals surface area (Å²) >= 11 is 11.6. The lowest BCUT2D eigenvalue weighted by atomic mass is 9.65. The number of nitrogens with one attached hydrogen (secondary N) is 1. The molecular formula is C18H23ClN2OS. The fourth-order valence-electron chi connectivity index (χ4n) is 4.58. The summed E-state index contributed by atoms with van der Waals surface area (Å²) < 4.78 is 0. The lowest BCUT2D eigenvalue weighted by Gasteiger charge is -2.39. The standard InChI is InChI=1S/C18H23ClN2OS/c1-17(2)8-12-9-18(3,10-17)11-21(12)16(23)20-15(22)13-6-4-5-7-14(13)19/h4-7,12H,8-11H2,1-3H3,(H,20,22,23)/t12-,18+/m1/s1. The molecule has 5 heteroatoms. The van der Waals surface area contributed by atoms with E-state index in [1.54, 1.807) is 18.2 Å². The maximum absolute atomic E-state index is 12.4. The molecule has 2 bridgehead atoms. The number of nitrogens with zero attached hydrogens (tertiary/aromatic N) is 1. The molecule has 2 aliphatic rings. The lowest BCUT2D eigenvalue weighted by Crippen LogP contribution is -2.45. The van der Waals surface area contributed by atoms with Crippen molar-refractivity contribution in [1.82, 2.24) is 10.2 Å². The van der Waals surface area contributed by atoms with E-state index in [4.69, 9.17) is 23.8 Å². The zero-order valence-corrected chi connectivity index (χ0v) is 15.4. The van der Waals surface area contributed by atoms with Gasteiger partial charge in [0.15, 0.2) is 5.11 Å². The fourth-order valence-corrected chi connectivity index (χ4v) is 5.11. The van der Waals surface area contributed by atoms with Crippen LogP contribution in [0, 0.1) is 10.8 Å². The van der Waals surface area contributed by atoms with Crippen molar-refractivity contribution in [3.05, 3.63) is 34.9 Å². The highest BCUT2D eigenvalue weighted by molar-refractivity contribution is 7.80. The van der Waals surface area contributed by atoms with Crippen molar-refractivity contribution in [2.24, 2.45) is 10.8 Å². The second kappa shape index (κ2) is 5.75. The molecule has 3 rings (SSSR count). The van der Waals surface area contributed by atoms with Crippen LogP contribution >= 0.6 is 23.8 Å². The van der Waals surface area contributed by atoms with E-state index < -0.39 is 0 Å². The number of carbonyl (C=O) groups excluding carboxylic acids is 1. The number of benzene rings is 1. The molecule has 1 N–H and O–H groups in total. The number of halogens is 1. The Labute approximate surface area is 148 Å². The van der Waals surface area contributed by atoms with E-state index in [2.05, 4.69) is 31.0 Å². The molecule has 3 nitrogen and oxygen atoms in total. The minimum Gasteiger partial charge on any atom is -0.345 e. The van der Waals surface area contributed by atoms with E-state index in [-0.39, 0.29) is 11.3 Å². The highest BCUT2D eigenvalue weighted by atomic mass is 35.5. The number of likely N-dealkylation sites (tertiary alicyclic amines) is 1. The highest BCUT2D eigenvalue weighted by Crippen LogP contribution is 2.52. The molecule has 1 saturated heterocycles. The predicted molar refractivity (Wildman–Crippen MR) is 97.7 cm³/mol. The van der Waals surface area contributed by atoms with Gasteiger partial charge in [-0.05, 0) is 54.4 Å². The number of fused-ring (bicyclic) bond motifs is 2. The van der Waals surface area contributed by atoms with Crippen molar-refractivity contribution in [2.75, 3.05) is 6.54 Å². The van der Waals surface area contributed by atoms with Crippen LogP contribution in [0.4, 0.5) is 0 Å². The van der Waals surface area contributed by atoms with Crippen LogP contribution in [0.25, 0.3) is 0 Å². The van der Waals surface area contributed by atoms with Gasteiger partial charge in [0.25, 0.3) is 5.91 Å². The summed E-state index contributed by atoms with van der Waals surface area (Å²) in [6.45, 7) is 7.90. The van der Waals surface area contributed by atoms with E-state index in [1.807, 2.05) is 6.07 Å². The number of hydrogen-bond donors (Lipinski definition) is 1. The van der Waals surface area contributed by atoms with Crippen molar-refractivity contribution >= 4 is 34.8 Å². The monoisotopic (exact) mass is 350 g/mol. The molecular weight excluding hydrogens is 328 g/mol. The highest BCUT2D eigenvalue weighted by Gasteiger charge is 2.50. The molecule has 0 aromatic heterocycles. The first-order valence-corrected chi connectivity index (χ1v) is 8.84. The maximum Gasteiger partial charge on any atom is 0.258 e. The molecule has 0 spiro atoms. The molecule has 1 aliphatic carbocycles. The molecule has 124 valence electrons. The van der Waals surface area contributed by atoms with Crippen LogP contribution < -0.4 is 5.32 Å². The topological polar surface area (TPSA) is 32.3 Å². The van der Waals surface area contributed by atoms with Gasteiger partial charge < -0.3 is 4.90 Å². The number of thiocarbonyl (C=S) groups is 1. The van der Waals surface area contributed by atoms with Gasteiger partial charge in [0.2, 0.25) is 0 Å². The molecule has 1 heterocycles. The fraction of sp³-hybridized carbons (Fsp3) is 0.556. The number of hydrogen-bond acceptors (Lipinski definition) is 2. The summed E-state index contributed by atoms with van der Waals surface area (Å²) in [6.07, 6.45) is 3.47. The normalized spacial score (nSPS) is 28.5. The van der Waals surface area contributed by atoms with Crippen LogP contribution in [-0.4, -0.2) is 28.5 Å². The molecule has 23 heavy (non-hydrogen) atoms. The summed E-state index contributed by atoms with van der Waals surface area (Å²) in [4.78, 5) is 14.6. The number of amides is 1. The molecule has 1 aromatic rings. The smallest absolute Gasteiger partial charge is 0.258 e. The Bertz CT molecular complexity index is 660. The van der Waals surface area contributed by atoms with Crippen LogP contribution in [0.1, 0.15) is 50.4 Å². The van der Waals surface area contributed by atoms with E-state index in [1.165, 1.54) is 6.42 Å². The molecule has 0 unspecified atom stereocenters. The Morgan fingerprint density at radius 1 is 1.30 bits per heavy atom. The third kappa shape index (κ3) is 3.38. The van der Waals surface area contributed by atoms with Gasteiger partial charge in [0.05, 0.1) is 10.6 Å². The Morgan fingerprint density at radius 3 is 2.70 bits per heavy atom. The number of rotatable bonds is 1. The Morgan fingerprint density at radius 2 is 2.00 bits per heavy atom. The van der Waals surface area contributed by atoms with Gasteiger partial charge in [0, 0.05) is 12.6 Å². The van der Waals surface area contributed by atoms with Crippen molar-refractivity contribution in [3.8, 4) is 0 Å². The van der Waals surface area contributed by atoms with Gasteiger partial charge in [-0.15, -0.1) is 0 Å². The van der Waals surface area contributed by atoms with Crippen molar-refractivity contribution < 1.29 is 4.79 Å². The van der Waals surface area contributed by atoms with Crippen LogP contribution in [0.3, 0.4) is 0 Å². The quantitative estimate of drug-likeness (QED) is 0.768. The molecule has 0 radical (unpaired) electrons. The molecule has 2 fully saturated rings. The average Bonchev–Trinajstić information content (AvgIpc) is 2.68. The third-order valence-electron chi connectivity index (χ3n) is 5.01. The van der Waals surface area contributed by atoms with E-state index in [0.717, 1.165) is 19.4 Å². The molecule has 1 saturated carbocycles. The van der Waals surface area contributed by atoms with E-state index in [9.17, 15) is 4.79 Å². The summed E-state index contributed by atoms with van der Waals surface area (Å²) in [5.41, 5.74) is 1.07. The Kier molecular flexibility index (Phi) is 4.18. The van der Waals surface area contributed by atoms with Gasteiger partial charge in [-0.2, -0.15) is 0 Å². The van der Waals surface area contributed by atoms with E-state index in [0.29, 0.717) is 27.2 Å². The van der Waals surface area contributed by atoms with Gasteiger partial charge >= 0.3 is 0 Å². The van der Waals surface area contributed by atoms with Crippen molar-refractivity contribution in [2.45, 2.75) is 46.1 Å². The van der Waals surface area contributed by atoms with Crippen LogP contribution in [0.2, 0.25) is 5.02 Å². The Balaban J connectivity index is 1.72. The third-order valence-corrected chi connectivity index (χ3v) is 5.68. The molecule has 1 amide bonds. The Hall–Kier alpha value is -1.13. The first kappa shape index (κ1) is 16.7. The lowest BCUT2D eigenvalue weighted by molar-refractivity contribution is 0.0972. The van der Waals surface area contributed by atoms with Crippen molar-refractivity contribution in [3.63, 3.8) is 0 Å². The van der Waals surface area contributed by atoms with Crippen LogP contribution in [0.5, 0.6) is 0 Å². The zero-order valence-electron chi connectivity index (χ0n) is 13.9. The summed E-state index contributed by atoms with van der Waals surface area (Å²) in [6, 6.07) is 7.46. The van der Waals surface area contributed by atoms with E-state index >= 15 is 0 Å². The minimum absolute atomic E-state index is 0.230. The first-order valence-electron chi connectivity index (χ1n) is 8.06. The average molecular weight is 351 g/mol. The van der Waals surface area contributed by atoms with Gasteiger partial charge in [-0.25, -0.2) is 0 Å². The van der Waals surface area contributed by atoms with Gasteiger partial charge in [0.1, 0.15) is 0 Å². The summed E-state index contributed by atoms with van der Waals surface area (Å²) in [5, 5.41) is 3.84. The van der Waals surface area contributed by atoms with Crippen LogP contribution in [0.15, 0.2) is 24.3 Å². The molecule has 1 aliphatic heterocycles. The summed E-state index contributed by atoms with van der Waals surface area (Å²) in [5.74, 6) is -0.230. The summed E-state index contributed by atoms with van der Waals surface area (Å²) in [7, 11) is 0. The predicted octanol–water partition coefficient (Wildman–Crippen LogP) is 4.26. The SMILES string of the molecule is CC1(C)C[C@@H]2C[C@](C)(CN2C(=S)NC(=O)c2ccccc2Cl)C1. The second-order valence-corrected chi connectivity index (χ2v) is 8.87. The van der Waals surface area contributed by atoms with Crippen LogP contribution in [-0.2, 0) is 0 Å². The minimum atomic E-state index is -0.230. The van der Waals surface area contributed by atoms with Crippen molar-refractivity contribution in [1.29, 1.82) is 0 Å². The number of carbonyl (C=O) groups is 1. The largest absolute Gasteiger partial charge is 0.345 e. The zero-order chi connectivity index (χ0) is 16.8.